The number of aliphatic carboxylic acids is 1. The summed E-state index contributed by atoms with van der Waals surface area (Å²) in [5, 5.41) is 8.75. The number of aryl methyl sites for hydroxylation is 1. The van der Waals surface area contributed by atoms with Gasteiger partial charge in [0.15, 0.2) is 0 Å². The number of halogens is 1. The molecule has 0 aliphatic rings. The van der Waals surface area contributed by atoms with Gasteiger partial charge in [-0.2, -0.15) is 0 Å². The van der Waals surface area contributed by atoms with Crippen LogP contribution in [0.1, 0.15) is 19.2 Å². The second-order valence-corrected chi connectivity index (χ2v) is 4.60. The molecule has 0 bridgehead atoms. The molecule has 0 radical (unpaired) electrons. The molecule has 2 rings (SSSR count). The maximum absolute atomic E-state index is 13.2. The lowest BCUT2D eigenvalue weighted by atomic mass is 10.2. The maximum atomic E-state index is 13.2. The summed E-state index contributed by atoms with van der Waals surface area (Å²) in [6.45, 7) is 6.29. The molecule has 0 fully saturated rings. The van der Waals surface area contributed by atoms with E-state index in [1.165, 1.54) is 12.1 Å². The van der Waals surface area contributed by atoms with Crippen LogP contribution in [0.3, 0.4) is 0 Å². The Labute approximate surface area is 110 Å². The number of carboxylic acid groups (broad SMARTS) is 1. The molecular formula is C14H15FN2O2. The fourth-order valence-corrected chi connectivity index (χ4v) is 2.01. The summed E-state index contributed by atoms with van der Waals surface area (Å²) < 4.78 is 15.1. The van der Waals surface area contributed by atoms with Gasteiger partial charge < -0.3 is 9.67 Å². The van der Waals surface area contributed by atoms with E-state index in [4.69, 9.17) is 5.11 Å². The van der Waals surface area contributed by atoms with E-state index >= 15 is 0 Å². The first-order valence-electron chi connectivity index (χ1n) is 5.98. The Morgan fingerprint density at radius 2 is 2.26 bits per heavy atom. The first-order chi connectivity index (χ1) is 8.97. The van der Waals surface area contributed by atoms with E-state index in [-0.39, 0.29) is 12.2 Å². The molecule has 100 valence electrons. The average Bonchev–Trinajstić information content (AvgIpc) is 2.63. The molecule has 0 spiro atoms. The Morgan fingerprint density at radius 3 is 2.89 bits per heavy atom. The smallest absolute Gasteiger partial charge is 0.303 e. The molecule has 2 aromatic rings. The summed E-state index contributed by atoms with van der Waals surface area (Å²) in [6, 6.07) is 4.39. The zero-order valence-corrected chi connectivity index (χ0v) is 10.7. The highest BCUT2D eigenvalue weighted by Crippen LogP contribution is 2.19. The van der Waals surface area contributed by atoms with E-state index in [0.29, 0.717) is 24.3 Å². The number of hydrogen-bond acceptors (Lipinski definition) is 2. The van der Waals surface area contributed by atoms with Crippen molar-refractivity contribution in [1.29, 1.82) is 0 Å². The number of carboxylic acids is 1. The van der Waals surface area contributed by atoms with Crippen molar-refractivity contribution in [3.63, 3.8) is 0 Å². The van der Waals surface area contributed by atoms with Crippen molar-refractivity contribution in [2.45, 2.75) is 26.3 Å². The minimum atomic E-state index is -0.875. The SMILES string of the molecule is C=C(C)Cn1c(CCC(=O)O)nc2cc(F)ccc21. The van der Waals surface area contributed by atoms with Crippen LogP contribution >= 0.6 is 0 Å². The first kappa shape index (κ1) is 13.3. The average molecular weight is 262 g/mol. The Bertz CT molecular complexity index is 646. The van der Waals surface area contributed by atoms with Gasteiger partial charge in [0.1, 0.15) is 11.6 Å². The molecule has 4 nitrogen and oxygen atoms in total. The minimum absolute atomic E-state index is 0.00198. The van der Waals surface area contributed by atoms with Gasteiger partial charge in [-0.15, -0.1) is 0 Å². The molecular weight excluding hydrogens is 247 g/mol. The van der Waals surface area contributed by atoms with Crippen LogP contribution < -0.4 is 0 Å². The number of nitrogens with zero attached hydrogens (tertiary/aromatic N) is 2. The molecule has 5 heteroatoms. The molecule has 0 saturated carbocycles. The number of imidazole rings is 1. The minimum Gasteiger partial charge on any atom is -0.481 e. The normalized spacial score (nSPS) is 10.8. The van der Waals surface area contributed by atoms with Gasteiger partial charge in [0, 0.05) is 19.0 Å². The van der Waals surface area contributed by atoms with Crippen LogP contribution in [0.25, 0.3) is 11.0 Å². The quantitative estimate of drug-likeness (QED) is 0.843. The lowest BCUT2D eigenvalue weighted by Crippen LogP contribution is -2.07. The molecule has 1 aromatic heterocycles. The number of allylic oxidation sites excluding steroid dienone is 1. The van der Waals surface area contributed by atoms with Crippen LogP contribution in [0.5, 0.6) is 0 Å². The van der Waals surface area contributed by atoms with Crippen LogP contribution in [-0.4, -0.2) is 20.6 Å². The van der Waals surface area contributed by atoms with Crippen molar-refractivity contribution in [1.82, 2.24) is 9.55 Å². The summed E-state index contributed by atoms with van der Waals surface area (Å²) in [6.07, 6.45) is 0.320. The highest BCUT2D eigenvalue weighted by atomic mass is 19.1. The molecule has 0 unspecified atom stereocenters. The zero-order valence-electron chi connectivity index (χ0n) is 10.7. The molecule has 1 heterocycles. The Kier molecular flexibility index (Phi) is 3.64. The predicted octanol–water partition coefficient (Wildman–Crippen LogP) is 2.77. The highest BCUT2D eigenvalue weighted by molar-refractivity contribution is 5.76. The van der Waals surface area contributed by atoms with Crippen molar-refractivity contribution in [3.05, 3.63) is 42.0 Å². The fraction of sp³-hybridized carbons (Fsp3) is 0.286. The second kappa shape index (κ2) is 5.22. The van der Waals surface area contributed by atoms with Gasteiger partial charge in [0.05, 0.1) is 17.5 Å². The van der Waals surface area contributed by atoms with Crippen molar-refractivity contribution in [2.75, 3.05) is 0 Å². The van der Waals surface area contributed by atoms with Gasteiger partial charge in [0.25, 0.3) is 0 Å². The molecule has 1 N–H and O–H groups in total. The van der Waals surface area contributed by atoms with Crippen LogP contribution in [0.4, 0.5) is 4.39 Å². The van der Waals surface area contributed by atoms with Crippen LogP contribution in [0.2, 0.25) is 0 Å². The number of fused-ring (bicyclic) bond motifs is 1. The van der Waals surface area contributed by atoms with E-state index in [9.17, 15) is 9.18 Å². The lowest BCUT2D eigenvalue weighted by molar-refractivity contribution is -0.137. The molecule has 0 aliphatic carbocycles. The highest BCUT2D eigenvalue weighted by Gasteiger charge is 2.12. The number of rotatable bonds is 5. The molecule has 19 heavy (non-hydrogen) atoms. The van der Waals surface area contributed by atoms with Crippen molar-refractivity contribution in [3.8, 4) is 0 Å². The standard InChI is InChI=1S/C14H15FN2O2/c1-9(2)8-17-12-4-3-10(15)7-11(12)16-13(17)5-6-14(18)19/h3-4,7H,1,5-6,8H2,2H3,(H,18,19). The van der Waals surface area contributed by atoms with Crippen LogP contribution in [0, 0.1) is 5.82 Å². The predicted molar refractivity (Wildman–Crippen MR) is 70.5 cm³/mol. The first-order valence-corrected chi connectivity index (χ1v) is 5.98. The van der Waals surface area contributed by atoms with Gasteiger partial charge in [-0.1, -0.05) is 12.2 Å². The van der Waals surface area contributed by atoms with Crippen LogP contribution in [-0.2, 0) is 17.8 Å². The number of carbonyl (C=O) groups is 1. The van der Waals surface area contributed by atoms with Crippen molar-refractivity contribution >= 4 is 17.0 Å². The third-order valence-corrected chi connectivity index (χ3v) is 2.78. The fourth-order valence-electron chi connectivity index (χ4n) is 2.01. The Balaban J connectivity index is 2.47. The van der Waals surface area contributed by atoms with E-state index in [1.807, 2.05) is 11.5 Å². The summed E-state index contributed by atoms with van der Waals surface area (Å²) in [5.74, 6) is -0.580. The monoisotopic (exact) mass is 262 g/mol. The Morgan fingerprint density at radius 1 is 1.53 bits per heavy atom. The van der Waals surface area contributed by atoms with Gasteiger partial charge in [-0.25, -0.2) is 9.37 Å². The van der Waals surface area contributed by atoms with E-state index < -0.39 is 5.97 Å². The van der Waals surface area contributed by atoms with E-state index in [2.05, 4.69) is 11.6 Å². The van der Waals surface area contributed by atoms with Gasteiger partial charge in [-0.05, 0) is 19.1 Å². The molecule has 0 amide bonds. The molecule has 0 atom stereocenters. The summed E-state index contributed by atoms with van der Waals surface area (Å²) in [7, 11) is 0. The van der Waals surface area contributed by atoms with Crippen LogP contribution in [0.15, 0.2) is 30.4 Å². The van der Waals surface area contributed by atoms with E-state index in [1.54, 1.807) is 6.07 Å². The molecule has 0 aliphatic heterocycles. The topological polar surface area (TPSA) is 55.1 Å². The third-order valence-electron chi connectivity index (χ3n) is 2.78. The molecule has 0 saturated heterocycles. The number of aromatic nitrogens is 2. The second-order valence-electron chi connectivity index (χ2n) is 4.60. The summed E-state index contributed by atoms with van der Waals surface area (Å²) in [5.41, 5.74) is 2.27. The summed E-state index contributed by atoms with van der Waals surface area (Å²) >= 11 is 0. The third kappa shape index (κ3) is 2.99. The largest absolute Gasteiger partial charge is 0.481 e. The number of benzene rings is 1. The lowest BCUT2D eigenvalue weighted by Gasteiger charge is -2.08. The summed E-state index contributed by atoms with van der Waals surface area (Å²) in [4.78, 5) is 15.0. The van der Waals surface area contributed by atoms with Crippen molar-refractivity contribution in [2.24, 2.45) is 0 Å². The van der Waals surface area contributed by atoms with E-state index in [0.717, 1.165) is 11.1 Å². The van der Waals surface area contributed by atoms with Gasteiger partial charge >= 0.3 is 5.97 Å². The Hall–Kier alpha value is -2.17. The maximum Gasteiger partial charge on any atom is 0.303 e. The molecule has 1 aromatic carbocycles. The van der Waals surface area contributed by atoms with Gasteiger partial charge in [-0.3, -0.25) is 4.79 Å². The van der Waals surface area contributed by atoms with Gasteiger partial charge in [0.2, 0.25) is 0 Å². The van der Waals surface area contributed by atoms with Crippen molar-refractivity contribution < 1.29 is 14.3 Å². The number of hydrogen-bond donors (Lipinski definition) is 1. The zero-order chi connectivity index (χ0) is 14.0.